The Balaban J connectivity index is 2.24. The minimum absolute atomic E-state index is 0.0262. The van der Waals surface area contributed by atoms with Crippen LogP contribution in [0.3, 0.4) is 0 Å². The molecule has 2 rings (SSSR count). The summed E-state index contributed by atoms with van der Waals surface area (Å²) in [6, 6.07) is 17.1. The second kappa shape index (κ2) is 7.07. The normalized spacial score (nSPS) is 12.5. The van der Waals surface area contributed by atoms with E-state index in [4.69, 9.17) is 0 Å². The maximum atomic E-state index is 9.53. The Labute approximate surface area is 121 Å². The molecule has 0 amide bonds. The van der Waals surface area contributed by atoms with Crippen molar-refractivity contribution in [3.8, 4) is 6.07 Å². The van der Waals surface area contributed by atoms with E-state index >= 15 is 0 Å². The number of benzene rings is 2. The van der Waals surface area contributed by atoms with Gasteiger partial charge < -0.3 is 4.90 Å². The Morgan fingerprint density at radius 1 is 1.05 bits per heavy atom. The first-order chi connectivity index (χ1) is 9.80. The third kappa shape index (κ3) is 3.18. The van der Waals surface area contributed by atoms with Crippen LogP contribution in [0, 0.1) is 11.3 Å². The number of nitriles is 1. The van der Waals surface area contributed by atoms with Gasteiger partial charge in [-0.15, -0.1) is 0 Å². The summed E-state index contributed by atoms with van der Waals surface area (Å²) in [5.41, 5.74) is 1.16. The summed E-state index contributed by atoms with van der Waals surface area (Å²) < 4.78 is 0. The van der Waals surface area contributed by atoms with Crippen molar-refractivity contribution in [1.29, 1.82) is 5.26 Å². The van der Waals surface area contributed by atoms with Gasteiger partial charge in [0.25, 0.3) is 0 Å². The Hall–Kier alpha value is -1.85. The van der Waals surface area contributed by atoms with Crippen molar-refractivity contribution in [3.63, 3.8) is 0 Å². The predicted molar refractivity (Wildman–Crippen MR) is 84.7 cm³/mol. The zero-order valence-corrected chi connectivity index (χ0v) is 12.3. The molecule has 0 heterocycles. The van der Waals surface area contributed by atoms with Crippen LogP contribution in [0.2, 0.25) is 0 Å². The van der Waals surface area contributed by atoms with Gasteiger partial charge in [0, 0.05) is 0 Å². The molecule has 0 aliphatic heterocycles. The van der Waals surface area contributed by atoms with Crippen molar-refractivity contribution < 1.29 is 0 Å². The van der Waals surface area contributed by atoms with E-state index in [9.17, 15) is 5.26 Å². The Morgan fingerprint density at radius 2 is 1.75 bits per heavy atom. The molecule has 0 aliphatic rings. The van der Waals surface area contributed by atoms with E-state index in [2.05, 4.69) is 55.1 Å². The molecule has 2 heteroatoms. The zero-order valence-electron chi connectivity index (χ0n) is 12.3. The molecule has 2 aromatic carbocycles. The van der Waals surface area contributed by atoms with Gasteiger partial charge in [-0.05, 0) is 42.4 Å². The highest BCUT2D eigenvalue weighted by Gasteiger charge is 2.14. The average Bonchev–Trinajstić information content (AvgIpc) is 2.51. The Kier molecular flexibility index (Phi) is 5.15. The van der Waals surface area contributed by atoms with Gasteiger partial charge in [0.15, 0.2) is 0 Å². The fraction of sp³-hybridized carbons (Fsp3) is 0.389. The van der Waals surface area contributed by atoms with Crippen LogP contribution in [0.15, 0.2) is 42.5 Å². The quantitative estimate of drug-likeness (QED) is 0.784. The first-order valence-electron chi connectivity index (χ1n) is 7.39. The van der Waals surface area contributed by atoms with Crippen molar-refractivity contribution in [2.75, 3.05) is 19.6 Å². The number of nitrogens with zero attached hydrogens (tertiary/aromatic N) is 2. The topological polar surface area (TPSA) is 27.0 Å². The number of rotatable bonds is 6. The fourth-order valence-electron chi connectivity index (χ4n) is 2.70. The van der Waals surface area contributed by atoms with Gasteiger partial charge in [-0.25, -0.2) is 0 Å². The third-order valence-corrected chi connectivity index (χ3v) is 3.98. The van der Waals surface area contributed by atoms with Crippen LogP contribution in [-0.4, -0.2) is 24.5 Å². The van der Waals surface area contributed by atoms with Crippen LogP contribution in [-0.2, 0) is 0 Å². The van der Waals surface area contributed by atoms with Gasteiger partial charge in [-0.2, -0.15) is 5.26 Å². The summed E-state index contributed by atoms with van der Waals surface area (Å²) in [5.74, 6) is -0.0262. The maximum absolute atomic E-state index is 9.53. The van der Waals surface area contributed by atoms with Crippen LogP contribution < -0.4 is 0 Å². The zero-order chi connectivity index (χ0) is 14.4. The molecule has 0 unspecified atom stereocenters. The van der Waals surface area contributed by atoms with Crippen LogP contribution in [0.4, 0.5) is 0 Å². The number of hydrogen-bond acceptors (Lipinski definition) is 2. The van der Waals surface area contributed by atoms with E-state index in [1.54, 1.807) is 0 Å². The highest BCUT2D eigenvalue weighted by atomic mass is 15.1. The van der Waals surface area contributed by atoms with Crippen molar-refractivity contribution in [2.45, 2.75) is 26.2 Å². The second-order valence-corrected chi connectivity index (χ2v) is 5.07. The molecule has 2 nitrogen and oxygen atoms in total. The summed E-state index contributed by atoms with van der Waals surface area (Å²) in [4.78, 5) is 2.37. The smallest absolute Gasteiger partial charge is 0.0730 e. The predicted octanol–water partition coefficient (Wildman–Crippen LogP) is 4.18. The molecule has 0 spiro atoms. The minimum Gasteiger partial charge on any atom is -0.304 e. The molecule has 0 saturated heterocycles. The lowest BCUT2D eigenvalue weighted by atomic mass is 9.92. The van der Waals surface area contributed by atoms with Crippen LogP contribution in [0.5, 0.6) is 0 Å². The van der Waals surface area contributed by atoms with E-state index in [0.29, 0.717) is 0 Å². The molecule has 0 aliphatic carbocycles. The summed E-state index contributed by atoms with van der Waals surface area (Å²) in [6.07, 6.45) is 0.895. The Bertz CT molecular complexity index is 588. The summed E-state index contributed by atoms with van der Waals surface area (Å²) >= 11 is 0. The largest absolute Gasteiger partial charge is 0.304 e. The number of hydrogen-bond donors (Lipinski definition) is 0. The molecule has 2 aromatic rings. The monoisotopic (exact) mass is 266 g/mol. The molecule has 20 heavy (non-hydrogen) atoms. The Morgan fingerprint density at radius 3 is 2.45 bits per heavy atom. The molecule has 1 atom stereocenters. The second-order valence-electron chi connectivity index (χ2n) is 5.07. The fourth-order valence-corrected chi connectivity index (χ4v) is 2.70. The summed E-state index contributed by atoms with van der Waals surface area (Å²) in [7, 11) is 0. The lowest BCUT2D eigenvalue weighted by Crippen LogP contribution is -2.25. The molecular weight excluding hydrogens is 244 g/mol. The third-order valence-electron chi connectivity index (χ3n) is 3.98. The van der Waals surface area contributed by atoms with Crippen LogP contribution >= 0.6 is 0 Å². The highest BCUT2D eigenvalue weighted by molar-refractivity contribution is 5.86. The van der Waals surface area contributed by atoms with Crippen molar-refractivity contribution in [1.82, 2.24) is 4.90 Å². The van der Waals surface area contributed by atoms with Crippen molar-refractivity contribution >= 4 is 10.8 Å². The first-order valence-corrected chi connectivity index (χ1v) is 7.39. The lowest BCUT2D eigenvalue weighted by molar-refractivity contribution is 0.296. The van der Waals surface area contributed by atoms with Crippen LogP contribution in [0.25, 0.3) is 10.8 Å². The summed E-state index contributed by atoms with van der Waals surface area (Å²) in [6.45, 7) is 7.41. The van der Waals surface area contributed by atoms with Crippen LogP contribution in [0.1, 0.15) is 31.7 Å². The molecule has 0 saturated carbocycles. The van der Waals surface area contributed by atoms with E-state index in [-0.39, 0.29) is 5.92 Å². The molecule has 0 bridgehead atoms. The SMILES string of the molecule is CCN(CC)CC[C@H](C#N)c1cccc2ccccc12. The highest BCUT2D eigenvalue weighted by Crippen LogP contribution is 2.27. The van der Waals surface area contributed by atoms with E-state index in [1.807, 2.05) is 12.1 Å². The van der Waals surface area contributed by atoms with Crippen molar-refractivity contribution in [3.05, 3.63) is 48.0 Å². The van der Waals surface area contributed by atoms with E-state index < -0.39 is 0 Å². The minimum atomic E-state index is -0.0262. The number of fused-ring (bicyclic) bond motifs is 1. The molecule has 0 N–H and O–H groups in total. The van der Waals surface area contributed by atoms with Gasteiger partial charge in [-0.3, -0.25) is 0 Å². The van der Waals surface area contributed by atoms with E-state index in [0.717, 1.165) is 31.6 Å². The molecule has 0 fully saturated rings. The molecule has 104 valence electrons. The molecule has 0 aromatic heterocycles. The van der Waals surface area contributed by atoms with Gasteiger partial charge in [0.2, 0.25) is 0 Å². The van der Waals surface area contributed by atoms with Gasteiger partial charge in [0.05, 0.1) is 12.0 Å². The summed E-state index contributed by atoms with van der Waals surface area (Å²) in [5, 5.41) is 12.0. The van der Waals surface area contributed by atoms with E-state index in [1.165, 1.54) is 10.8 Å². The first kappa shape index (κ1) is 14.6. The lowest BCUT2D eigenvalue weighted by Gasteiger charge is -2.20. The standard InChI is InChI=1S/C18H22N2/c1-3-20(4-2)13-12-16(14-19)18-11-7-9-15-8-5-6-10-17(15)18/h5-11,16H,3-4,12-13H2,1-2H3/t16-/m1/s1. The van der Waals surface area contributed by atoms with Gasteiger partial charge >= 0.3 is 0 Å². The van der Waals surface area contributed by atoms with Gasteiger partial charge in [-0.1, -0.05) is 56.3 Å². The average molecular weight is 266 g/mol. The molecule has 0 radical (unpaired) electrons. The maximum Gasteiger partial charge on any atom is 0.0730 e. The van der Waals surface area contributed by atoms with Crippen molar-refractivity contribution in [2.24, 2.45) is 0 Å². The molecular formula is C18H22N2. The van der Waals surface area contributed by atoms with Gasteiger partial charge in [0.1, 0.15) is 0 Å².